The Morgan fingerprint density at radius 2 is 2.06 bits per heavy atom. The average molecular weight is 237 g/mol. The molecule has 0 aliphatic rings. The molecule has 0 saturated heterocycles. The SMILES string of the molecule is Cc1cc(F)ccc1CC(=O)CC(N)C(C)C. The molecule has 0 aliphatic carbocycles. The number of ketones is 1. The lowest BCUT2D eigenvalue weighted by Crippen LogP contribution is -2.29. The third kappa shape index (κ3) is 4.27. The fourth-order valence-electron chi connectivity index (χ4n) is 1.64. The zero-order valence-corrected chi connectivity index (χ0v) is 10.7. The largest absolute Gasteiger partial charge is 0.327 e. The fourth-order valence-corrected chi connectivity index (χ4v) is 1.64. The van der Waals surface area contributed by atoms with E-state index in [-0.39, 0.29) is 17.6 Å². The fraction of sp³-hybridized carbons (Fsp3) is 0.500. The molecule has 1 aromatic carbocycles. The minimum absolute atomic E-state index is 0.0942. The van der Waals surface area contributed by atoms with Gasteiger partial charge in [0, 0.05) is 18.9 Å². The van der Waals surface area contributed by atoms with Crippen molar-refractivity contribution in [3.8, 4) is 0 Å². The quantitative estimate of drug-likeness (QED) is 0.855. The van der Waals surface area contributed by atoms with Gasteiger partial charge in [-0.2, -0.15) is 0 Å². The number of hydrogen-bond donors (Lipinski definition) is 1. The van der Waals surface area contributed by atoms with Crippen LogP contribution < -0.4 is 5.73 Å². The van der Waals surface area contributed by atoms with Gasteiger partial charge in [-0.05, 0) is 36.1 Å². The molecule has 0 fully saturated rings. The van der Waals surface area contributed by atoms with Crippen molar-refractivity contribution in [3.05, 3.63) is 35.1 Å². The number of carbonyl (C=O) groups excluding carboxylic acids is 1. The average Bonchev–Trinajstić information content (AvgIpc) is 2.22. The van der Waals surface area contributed by atoms with Crippen molar-refractivity contribution in [1.29, 1.82) is 0 Å². The van der Waals surface area contributed by atoms with E-state index in [1.54, 1.807) is 6.07 Å². The van der Waals surface area contributed by atoms with Gasteiger partial charge in [-0.25, -0.2) is 4.39 Å². The van der Waals surface area contributed by atoms with Crippen molar-refractivity contribution in [2.24, 2.45) is 11.7 Å². The summed E-state index contributed by atoms with van der Waals surface area (Å²) in [4.78, 5) is 11.8. The van der Waals surface area contributed by atoms with E-state index in [0.717, 1.165) is 11.1 Å². The Morgan fingerprint density at radius 3 is 2.59 bits per heavy atom. The summed E-state index contributed by atoms with van der Waals surface area (Å²) in [6.07, 6.45) is 0.723. The number of aryl methyl sites for hydroxylation is 1. The lowest BCUT2D eigenvalue weighted by Gasteiger charge is -2.14. The van der Waals surface area contributed by atoms with Crippen molar-refractivity contribution in [2.45, 2.75) is 39.7 Å². The normalized spacial score (nSPS) is 12.8. The van der Waals surface area contributed by atoms with Crippen LogP contribution in [0.15, 0.2) is 18.2 Å². The first-order valence-corrected chi connectivity index (χ1v) is 5.92. The molecule has 1 unspecified atom stereocenters. The summed E-state index contributed by atoms with van der Waals surface area (Å²) in [6, 6.07) is 4.41. The maximum absolute atomic E-state index is 12.9. The Labute approximate surface area is 102 Å². The molecule has 17 heavy (non-hydrogen) atoms. The number of carbonyl (C=O) groups is 1. The first-order valence-electron chi connectivity index (χ1n) is 5.92. The van der Waals surface area contributed by atoms with Crippen LogP contribution in [0.4, 0.5) is 4.39 Å². The summed E-state index contributed by atoms with van der Waals surface area (Å²) in [5.41, 5.74) is 7.55. The molecule has 1 aromatic rings. The number of rotatable bonds is 5. The number of Topliss-reactive ketones (excluding diaryl/α,β-unsaturated/α-hetero) is 1. The highest BCUT2D eigenvalue weighted by Gasteiger charge is 2.14. The zero-order valence-electron chi connectivity index (χ0n) is 10.7. The predicted molar refractivity (Wildman–Crippen MR) is 67.3 cm³/mol. The summed E-state index contributed by atoms with van der Waals surface area (Å²) in [7, 11) is 0. The molecule has 0 bridgehead atoms. The van der Waals surface area contributed by atoms with E-state index in [9.17, 15) is 9.18 Å². The highest BCUT2D eigenvalue weighted by Crippen LogP contribution is 2.13. The van der Waals surface area contributed by atoms with Crippen molar-refractivity contribution >= 4 is 5.78 Å². The Hall–Kier alpha value is -1.22. The van der Waals surface area contributed by atoms with Crippen LogP contribution in [0.25, 0.3) is 0 Å². The molecule has 0 aliphatic heterocycles. The van der Waals surface area contributed by atoms with Gasteiger partial charge in [0.05, 0.1) is 0 Å². The third-order valence-corrected chi connectivity index (χ3v) is 3.01. The van der Waals surface area contributed by atoms with E-state index in [1.807, 2.05) is 20.8 Å². The van der Waals surface area contributed by atoms with E-state index in [2.05, 4.69) is 0 Å². The number of nitrogens with two attached hydrogens (primary N) is 1. The van der Waals surface area contributed by atoms with Crippen LogP contribution in [0.2, 0.25) is 0 Å². The summed E-state index contributed by atoms with van der Waals surface area (Å²) in [6.45, 7) is 5.82. The summed E-state index contributed by atoms with van der Waals surface area (Å²) in [5.74, 6) is 0.145. The Kier molecular flexibility index (Phi) is 4.82. The Morgan fingerprint density at radius 1 is 1.41 bits per heavy atom. The van der Waals surface area contributed by atoms with Crippen LogP contribution in [0.3, 0.4) is 0 Å². The lowest BCUT2D eigenvalue weighted by atomic mass is 9.95. The van der Waals surface area contributed by atoms with Crippen molar-refractivity contribution in [1.82, 2.24) is 0 Å². The van der Waals surface area contributed by atoms with Crippen LogP contribution in [0.5, 0.6) is 0 Å². The van der Waals surface area contributed by atoms with Gasteiger partial charge in [-0.3, -0.25) is 4.79 Å². The van der Waals surface area contributed by atoms with E-state index >= 15 is 0 Å². The minimum Gasteiger partial charge on any atom is -0.327 e. The maximum Gasteiger partial charge on any atom is 0.138 e. The Balaban J connectivity index is 2.62. The first kappa shape index (κ1) is 13.8. The molecule has 0 amide bonds. The molecule has 1 atom stereocenters. The lowest BCUT2D eigenvalue weighted by molar-refractivity contribution is -0.118. The zero-order chi connectivity index (χ0) is 13.0. The van der Waals surface area contributed by atoms with Gasteiger partial charge < -0.3 is 5.73 Å². The van der Waals surface area contributed by atoms with E-state index in [4.69, 9.17) is 5.73 Å². The molecule has 0 radical (unpaired) electrons. The van der Waals surface area contributed by atoms with Crippen LogP contribution in [-0.4, -0.2) is 11.8 Å². The molecule has 2 N–H and O–H groups in total. The van der Waals surface area contributed by atoms with Crippen molar-refractivity contribution < 1.29 is 9.18 Å². The second kappa shape index (κ2) is 5.92. The number of halogens is 1. The number of hydrogen-bond acceptors (Lipinski definition) is 2. The van der Waals surface area contributed by atoms with Gasteiger partial charge in [0.1, 0.15) is 11.6 Å². The van der Waals surface area contributed by atoms with Gasteiger partial charge in [0.15, 0.2) is 0 Å². The first-order chi connectivity index (χ1) is 7.90. The van der Waals surface area contributed by atoms with Gasteiger partial charge in [-0.1, -0.05) is 19.9 Å². The maximum atomic E-state index is 12.9. The number of benzene rings is 1. The van der Waals surface area contributed by atoms with Crippen LogP contribution in [-0.2, 0) is 11.2 Å². The van der Waals surface area contributed by atoms with Crippen molar-refractivity contribution in [2.75, 3.05) is 0 Å². The molecular weight excluding hydrogens is 217 g/mol. The second-order valence-corrected chi connectivity index (χ2v) is 4.90. The predicted octanol–water partition coefficient (Wildman–Crippen LogP) is 2.62. The minimum atomic E-state index is -0.266. The summed E-state index contributed by atoms with van der Waals surface area (Å²) < 4.78 is 12.9. The molecule has 2 nitrogen and oxygen atoms in total. The highest BCUT2D eigenvalue weighted by molar-refractivity contribution is 5.81. The topological polar surface area (TPSA) is 43.1 Å². The molecular formula is C14H20FNO. The smallest absolute Gasteiger partial charge is 0.138 e. The van der Waals surface area contributed by atoms with Gasteiger partial charge >= 0.3 is 0 Å². The van der Waals surface area contributed by atoms with E-state index in [1.165, 1.54) is 12.1 Å². The molecule has 0 saturated carbocycles. The molecule has 0 aromatic heterocycles. The standard InChI is InChI=1S/C14H20FNO/c1-9(2)14(16)8-13(17)7-11-4-5-12(15)6-10(11)3/h4-6,9,14H,7-8,16H2,1-3H3. The molecule has 3 heteroatoms. The summed E-state index contributed by atoms with van der Waals surface area (Å²) in [5, 5.41) is 0. The monoisotopic (exact) mass is 237 g/mol. The third-order valence-electron chi connectivity index (χ3n) is 3.01. The van der Waals surface area contributed by atoms with Crippen LogP contribution in [0.1, 0.15) is 31.4 Å². The van der Waals surface area contributed by atoms with Gasteiger partial charge in [-0.15, -0.1) is 0 Å². The summed E-state index contributed by atoms with van der Waals surface area (Å²) >= 11 is 0. The molecule has 1 rings (SSSR count). The second-order valence-electron chi connectivity index (χ2n) is 4.90. The van der Waals surface area contributed by atoms with Crippen molar-refractivity contribution in [3.63, 3.8) is 0 Å². The van der Waals surface area contributed by atoms with Gasteiger partial charge in [0.25, 0.3) is 0 Å². The van der Waals surface area contributed by atoms with E-state index in [0.29, 0.717) is 18.8 Å². The molecule has 94 valence electrons. The van der Waals surface area contributed by atoms with Crippen LogP contribution in [0, 0.1) is 18.7 Å². The Bertz CT molecular complexity index is 401. The van der Waals surface area contributed by atoms with Crippen LogP contribution >= 0.6 is 0 Å². The highest BCUT2D eigenvalue weighted by atomic mass is 19.1. The molecule has 0 heterocycles. The molecule has 0 spiro atoms. The van der Waals surface area contributed by atoms with Gasteiger partial charge in [0.2, 0.25) is 0 Å². The van der Waals surface area contributed by atoms with E-state index < -0.39 is 0 Å².